The van der Waals surface area contributed by atoms with Crippen LogP contribution in [-0.4, -0.2) is 24.1 Å². The van der Waals surface area contributed by atoms with Crippen LogP contribution in [0.1, 0.15) is 29.5 Å². The number of nitrogens with one attached hydrogen (secondary N) is 2. The number of pyridine rings is 1. The largest absolute Gasteiger partial charge is 0.487 e. The number of hydrogen-bond acceptors (Lipinski definition) is 4. The third kappa shape index (κ3) is 5.75. The summed E-state index contributed by atoms with van der Waals surface area (Å²) in [7, 11) is 0. The molecule has 2 N–H and O–H groups in total. The zero-order valence-electron chi connectivity index (χ0n) is 17.8. The minimum Gasteiger partial charge on any atom is -0.487 e. The van der Waals surface area contributed by atoms with E-state index in [1.807, 2.05) is 67.6 Å². The van der Waals surface area contributed by atoms with E-state index in [9.17, 15) is 4.79 Å². The maximum Gasteiger partial charge on any atom is 0.319 e. The van der Waals surface area contributed by atoms with E-state index in [4.69, 9.17) is 4.74 Å². The van der Waals surface area contributed by atoms with Crippen molar-refractivity contribution in [1.29, 1.82) is 0 Å². The first-order chi connectivity index (χ1) is 15.2. The van der Waals surface area contributed by atoms with Gasteiger partial charge in [0, 0.05) is 25.8 Å². The van der Waals surface area contributed by atoms with Gasteiger partial charge in [-0.25, -0.2) is 9.78 Å². The van der Waals surface area contributed by atoms with Crippen molar-refractivity contribution in [3.8, 4) is 5.75 Å². The summed E-state index contributed by atoms with van der Waals surface area (Å²) in [5.74, 6) is 1.63. The van der Waals surface area contributed by atoms with Crippen LogP contribution in [0, 0.1) is 6.92 Å². The zero-order valence-corrected chi connectivity index (χ0v) is 17.8. The van der Waals surface area contributed by atoms with E-state index >= 15 is 0 Å². The van der Waals surface area contributed by atoms with E-state index in [0.717, 1.165) is 35.6 Å². The third-order valence-electron chi connectivity index (χ3n) is 5.32. The number of anilines is 2. The first-order valence-corrected chi connectivity index (χ1v) is 10.7. The molecular formula is C25H28N4O2. The van der Waals surface area contributed by atoms with E-state index in [1.54, 1.807) is 6.20 Å². The van der Waals surface area contributed by atoms with Crippen molar-refractivity contribution in [1.82, 2.24) is 10.3 Å². The lowest BCUT2D eigenvalue weighted by Crippen LogP contribution is -2.28. The summed E-state index contributed by atoms with van der Waals surface area (Å²) in [6.07, 6.45) is 4.22. The molecule has 6 heteroatoms. The number of carbonyl (C=O) groups is 1. The molecule has 2 aromatic carbocycles. The second kappa shape index (κ2) is 9.98. The fraction of sp³-hybridized carbons (Fsp3) is 0.280. The Morgan fingerprint density at radius 3 is 2.65 bits per heavy atom. The van der Waals surface area contributed by atoms with Crippen molar-refractivity contribution in [2.75, 3.05) is 23.3 Å². The van der Waals surface area contributed by atoms with Gasteiger partial charge in [-0.05, 0) is 60.7 Å². The Morgan fingerprint density at radius 1 is 1.03 bits per heavy atom. The molecule has 0 saturated carbocycles. The summed E-state index contributed by atoms with van der Waals surface area (Å²) in [4.78, 5) is 19.3. The van der Waals surface area contributed by atoms with Gasteiger partial charge in [0.25, 0.3) is 0 Å². The predicted octanol–water partition coefficient (Wildman–Crippen LogP) is 4.89. The second-order valence-electron chi connectivity index (χ2n) is 7.80. The highest BCUT2D eigenvalue weighted by Crippen LogP contribution is 2.27. The number of aryl methyl sites for hydroxylation is 1. The fourth-order valence-corrected chi connectivity index (χ4v) is 3.63. The molecule has 2 heterocycles. The van der Waals surface area contributed by atoms with Crippen LogP contribution in [0.4, 0.5) is 16.3 Å². The molecule has 0 aliphatic carbocycles. The number of amides is 2. The molecular weight excluding hydrogens is 388 g/mol. The number of ether oxygens (including phenoxy) is 1. The third-order valence-corrected chi connectivity index (χ3v) is 5.32. The van der Waals surface area contributed by atoms with E-state index in [-0.39, 0.29) is 6.03 Å². The first kappa shape index (κ1) is 20.7. The van der Waals surface area contributed by atoms with Gasteiger partial charge in [-0.2, -0.15) is 0 Å². The molecule has 160 valence electrons. The summed E-state index contributed by atoms with van der Waals surface area (Å²) >= 11 is 0. The Morgan fingerprint density at radius 2 is 1.84 bits per heavy atom. The van der Waals surface area contributed by atoms with E-state index in [2.05, 4.69) is 20.5 Å². The Labute approximate surface area is 183 Å². The van der Waals surface area contributed by atoms with Crippen molar-refractivity contribution in [3.63, 3.8) is 0 Å². The van der Waals surface area contributed by atoms with E-state index < -0.39 is 0 Å². The summed E-state index contributed by atoms with van der Waals surface area (Å²) in [5, 5.41) is 5.84. The highest BCUT2D eigenvalue weighted by atomic mass is 16.5. The van der Waals surface area contributed by atoms with Crippen LogP contribution >= 0.6 is 0 Å². The van der Waals surface area contributed by atoms with Crippen LogP contribution in [-0.2, 0) is 13.2 Å². The number of nitrogens with zero attached hydrogens (tertiary/aromatic N) is 2. The molecule has 6 nitrogen and oxygen atoms in total. The molecule has 2 amide bonds. The quantitative estimate of drug-likeness (QED) is 0.575. The average molecular weight is 417 g/mol. The summed E-state index contributed by atoms with van der Waals surface area (Å²) in [6, 6.07) is 19.4. The SMILES string of the molecule is Cc1ccc(NC(=O)NCc2ccnc(N3CCCC3)c2)c(OCc2ccccc2)c1. The van der Waals surface area contributed by atoms with Crippen molar-refractivity contribution in [3.05, 3.63) is 83.6 Å². The van der Waals surface area contributed by atoms with Gasteiger partial charge >= 0.3 is 6.03 Å². The molecule has 1 fully saturated rings. The van der Waals surface area contributed by atoms with Crippen LogP contribution in [0.2, 0.25) is 0 Å². The van der Waals surface area contributed by atoms with Gasteiger partial charge < -0.3 is 20.3 Å². The first-order valence-electron chi connectivity index (χ1n) is 10.7. The lowest BCUT2D eigenvalue weighted by Gasteiger charge is -2.17. The van der Waals surface area contributed by atoms with Crippen LogP contribution in [0.3, 0.4) is 0 Å². The minimum atomic E-state index is -0.270. The predicted molar refractivity (Wildman–Crippen MR) is 123 cm³/mol. The zero-order chi connectivity index (χ0) is 21.5. The van der Waals surface area contributed by atoms with Crippen LogP contribution in [0.5, 0.6) is 5.75 Å². The van der Waals surface area contributed by atoms with Crippen LogP contribution in [0.25, 0.3) is 0 Å². The number of aromatic nitrogens is 1. The smallest absolute Gasteiger partial charge is 0.319 e. The van der Waals surface area contributed by atoms with Gasteiger partial charge in [0.15, 0.2) is 0 Å². The topological polar surface area (TPSA) is 66.5 Å². The van der Waals surface area contributed by atoms with E-state index in [1.165, 1.54) is 12.8 Å². The van der Waals surface area contributed by atoms with E-state index in [0.29, 0.717) is 24.6 Å². The summed E-state index contributed by atoms with van der Waals surface area (Å²) in [6.45, 7) is 4.96. The fourth-order valence-electron chi connectivity index (χ4n) is 3.63. The maximum absolute atomic E-state index is 12.5. The number of benzene rings is 2. The van der Waals surface area contributed by atoms with Gasteiger partial charge in [0.1, 0.15) is 18.2 Å². The average Bonchev–Trinajstić information content (AvgIpc) is 3.34. The monoisotopic (exact) mass is 416 g/mol. The number of hydrogen-bond donors (Lipinski definition) is 2. The van der Waals surface area contributed by atoms with Gasteiger partial charge in [0.05, 0.1) is 5.69 Å². The molecule has 4 rings (SSSR count). The van der Waals surface area contributed by atoms with Crippen molar-refractivity contribution in [2.24, 2.45) is 0 Å². The van der Waals surface area contributed by atoms with Gasteiger partial charge in [-0.1, -0.05) is 36.4 Å². The van der Waals surface area contributed by atoms with Crippen molar-refractivity contribution < 1.29 is 9.53 Å². The van der Waals surface area contributed by atoms with Crippen molar-refractivity contribution in [2.45, 2.75) is 32.9 Å². The highest BCUT2D eigenvalue weighted by molar-refractivity contribution is 5.91. The second-order valence-corrected chi connectivity index (χ2v) is 7.80. The standard InChI is InChI=1S/C25H28N4O2/c1-19-9-10-22(23(15-19)31-18-20-7-3-2-4-8-20)28-25(30)27-17-21-11-12-26-24(16-21)29-13-5-6-14-29/h2-4,7-12,15-16H,5-6,13-14,17-18H2,1H3,(H2,27,28,30). The number of urea groups is 1. The highest BCUT2D eigenvalue weighted by Gasteiger charge is 2.14. The Hall–Kier alpha value is -3.54. The van der Waals surface area contributed by atoms with Gasteiger partial charge in [-0.3, -0.25) is 0 Å². The molecule has 1 saturated heterocycles. The minimum absolute atomic E-state index is 0.270. The maximum atomic E-state index is 12.5. The molecule has 3 aromatic rings. The van der Waals surface area contributed by atoms with Crippen molar-refractivity contribution >= 4 is 17.5 Å². The lowest BCUT2D eigenvalue weighted by atomic mass is 10.2. The van der Waals surface area contributed by atoms with Crippen LogP contribution < -0.4 is 20.3 Å². The molecule has 0 radical (unpaired) electrons. The Balaban J connectivity index is 1.35. The van der Waals surface area contributed by atoms with Gasteiger partial charge in [-0.15, -0.1) is 0 Å². The van der Waals surface area contributed by atoms with Crippen LogP contribution in [0.15, 0.2) is 66.9 Å². The number of rotatable bonds is 7. The molecule has 1 aromatic heterocycles. The normalized spacial score (nSPS) is 13.1. The molecule has 1 aliphatic heterocycles. The Kier molecular flexibility index (Phi) is 6.67. The Bertz CT molecular complexity index is 1020. The summed E-state index contributed by atoms with van der Waals surface area (Å²) in [5.41, 5.74) is 3.81. The number of carbonyl (C=O) groups excluding carboxylic acids is 1. The summed E-state index contributed by atoms with van der Waals surface area (Å²) < 4.78 is 5.98. The molecule has 0 atom stereocenters. The lowest BCUT2D eigenvalue weighted by molar-refractivity contribution is 0.251. The molecule has 1 aliphatic rings. The molecule has 0 unspecified atom stereocenters. The van der Waals surface area contributed by atoms with Gasteiger partial charge in [0.2, 0.25) is 0 Å². The molecule has 31 heavy (non-hydrogen) atoms. The molecule has 0 spiro atoms. The molecule has 0 bridgehead atoms.